The lowest BCUT2D eigenvalue weighted by Gasteiger charge is -2.30. The number of halogens is 1. The van der Waals surface area contributed by atoms with Crippen LogP contribution in [-0.2, 0) is 0 Å². The van der Waals surface area contributed by atoms with Gasteiger partial charge in [0.25, 0.3) is 0 Å². The predicted molar refractivity (Wildman–Crippen MR) is 69.9 cm³/mol. The summed E-state index contributed by atoms with van der Waals surface area (Å²) in [7, 11) is 2.05. The number of hydrogen-bond acceptors (Lipinski definition) is 1. The zero-order chi connectivity index (χ0) is 11.5. The van der Waals surface area contributed by atoms with Crippen LogP contribution >= 0.6 is 11.6 Å². The molecule has 0 spiro atoms. The molecule has 2 heteroatoms. The quantitative estimate of drug-likeness (QED) is 0.832. The van der Waals surface area contributed by atoms with Gasteiger partial charge < -0.3 is 5.32 Å². The summed E-state index contributed by atoms with van der Waals surface area (Å²) in [6.45, 7) is 2.07. The Balaban J connectivity index is 2.09. The first-order valence-electron chi connectivity index (χ1n) is 6.14. The highest BCUT2D eigenvalue weighted by molar-refractivity contribution is 6.31. The minimum Gasteiger partial charge on any atom is -0.313 e. The molecule has 0 heterocycles. The first-order chi connectivity index (χ1) is 7.70. The van der Waals surface area contributed by atoms with E-state index in [0.29, 0.717) is 6.04 Å². The Morgan fingerprint density at radius 2 is 2.19 bits per heavy atom. The fourth-order valence-corrected chi connectivity index (χ4v) is 2.48. The van der Waals surface area contributed by atoms with E-state index in [0.717, 1.165) is 10.9 Å². The van der Waals surface area contributed by atoms with Gasteiger partial charge in [-0.25, -0.2) is 0 Å². The molecule has 0 radical (unpaired) electrons. The third-order valence-corrected chi connectivity index (χ3v) is 4.15. The van der Waals surface area contributed by atoms with E-state index in [1.54, 1.807) is 0 Å². The van der Waals surface area contributed by atoms with Crippen LogP contribution in [-0.4, -0.2) is 7.05 Å². The molecule has 1 saturated carbocycles. The average Bonchev–Trinajstić information content (AvgIpc) is 2.21. The van der Waals surface area contributed by atoms with E-state index in [1.165, 1.54) is 36.8 Å². The van der Waals surface area contributed by atoms with Crippen LogP contribution in [0.15, 0.2) is 18.2 Å². The fourth-order valence-electron chi connectivity index (χ4n) is 2.37. The SMILES string of the molecule is CNC(CC1CCC1)c1ccc(Cl)c(C)c1. The lowest BCUT2D eigenvalue weighted by Crippen LogP contribution is -2.23. The van der Waals surface area contributed by atoms with Crippen molar-refractivity contribution in [1.82, 2.24) is 5.32 Å². The van der Waals surface area contributed by atoms with Crippen LogP contribution in [0.2, 0.25) is 5.02 Å². The van der Waals surface area contributed by atoms with Crippen molar-refractivity contribution in [1.29, 1.82) is 0 Å². The summed E-state index contributed by atoms with van der Waals surface area (Å²) in [5.41, 5.74) is 2.55. The Kier molecular flexibility index (Phi) is 3.88. The second kappa shape index (κ2) is 5.20. The Labute approximate surface area is 103 Å². The lowest BCUT2D eigenvalue weighted by molar-refractivity contribution is 0.265. The zero-order valence-corrected chi connectivity index (χ0v) is 10.8. The standard InChI is InChI=1S/C14H20ClN/c1-10-8-12(6-7-13(10)15)14(16-2)9-11-4-3-5-11/h6-8,11,14,16H,3-5,9H2,1-2H3. The first-order valence-corrected chi connectivity index (χ1v) is 6.52. The summed E-state index contributed by atoms with van der Waals surface area (Å²) >= 11 is 6.05. The van der Waals surface area contributed by atoms with Crippen molar-refractivity contribution in [3.05, 3.63) is 34.3 Å². The summed E-state index contributed by atoms with van der Waals surface area (Å²) < 4.78 is 0. The van der Waals surface area contributed by atoms with Crippen molar-refractivity contribution >= 4 is 11.6 Å². The molecule has 1 aliphatic rings. The highest BCUT2D eigenvalue weighted by atomic mass is 35.5. The normalized spacial score (nSPS) is 18.2. The van der Waals surface area contributed by atoms with Crippen LogP contribution in [0.5, 0.6) is 0 Å². The minimum atomic E-state index is 0.487. The second-order valence-electron chi connectivity index (χ2n) is 4.88. The number of aryl methyl sites for hydroxylation is 1. The summed E-state index contributed by atoms with van der Waals surface area (Å²) in [6, 6.07) is 6.86. The third kappa shape index (κ3) is 2.58. The number of hydrogen-bond donors (Lipinski definition) is 1. The average molecular weight is 238 g/mol. The summed E-state index contributed by atoms with van der Waals surface area (Å²) in [6.07, 6.45) is 5.49. The van der Waals surface area contributed by atoms with E-state index < -0.39 is 0 Å². The minimum absolute atomic E-state index is 0.487. The van der Waals surface area contributed by atoms with Crippen molar-refractivity contribution in [2.45, 2.75) is 38.6 Å². The van der Waals surface area contributed by atoms with Gasteiger partial charge in [-0.15, -0.1) is 0 Å². The molecule has 88 valence electrons. The molecule has 0 amide bonds. The number of benzene rings is 1. The van der Waals surface area contributed by atoms with Gasteiger partial charge in [-0.2, -0.15) is 0 Å². The Morgan fingerprint density at radius 3 is 2.69 bits per heavy atom. The molecule has 0 aromatic heterocycles. The molecule has 1 fully saturated rings. The maximum absolute atomic E-state index is 6.05. The Hall–Kier alpha value is -0.530. The molecule has 2 rings (SSSR count). The van der Waals surface area contributed by atoms with Gasteiger partial charge in [-0.1, -0.05) is 43.0 Å². The van der Waals surface area contributed by atoms with Gasteiger partial charge >= 0.3 is 0 Å². The van der Waals surface area contributed by atoms with Crippen LogP contribution in [0.4, 0.5) is 0 Å². The molecule has 1 aliphatic carbocycles. The largest absolute Gasteiger partial charge is 0.313 e. The predicted octanol–water partition coefficient (Wildman–Crippen LogP) is 4.10. The molecule has 1 unspecified atom stereocenters. The van der Waals surface area contributed by atoms with E-state index >= 15 is 0 Å². The number of rotatable bonds is 4. The van der Waals surface area contributed by atoms with Gasteiger partial charge in [-0.3, -0.25) is 0 Å². The van der Waals surface area contributed by atoms with Gasteiger partial charge in [0.1, 0.15) is 0 Å². The van der Waals surface area contributed by atoms with E-state index in [9.17, 15) is 0 Å². The van der Waals surface area contributed by atoms with Crippen molar-refractivity contribution in [3.8, 4) is 0 Å². The zero-order valence-electron chi connectivity index (χ0n) is 10.1. The highest BCUT2D eigenvalue weighted by Gasteiger charge is 2.22. The summed E-state index contributed by atoms with van der Waals surface area (Å²) in [4.78, 5) is 0. The lowest BCUT2D eigenvalue weighted by atomic mass is 9.79. The van der Waals surface area contributed by atoms with Crippen molar-refractivity contribution in [2.75, 3.05) is 7.05 Å². The molecule has 0 saturated heterocycles. The van der Waals surface area contributed by atoms with E-state index in [2.05, 4.69) is 24.4 Å². The van der Waals surface area contributed by atoms with Crippen LogP contribution in [0.3, 0.4) is 0 Å². The fraction of sp³-hybridized carbons (Fsp3) is 0.571. The monoisotopic (exact) mass is 237 g/mol. The maximum atomic E-state index is 6.05. The van der Waals surface area contributed by atoms with Crippen molar-refractivity contribution in [2.24, 2.45) is 5.92 Å². The van der Waals surface area contributed by atoms with E-state index in [4.69, 9.17) is 11.6 Å². The smallest absolute Gasteiger partial charge is 0.0435 e. The molecule has 0 bridgehead atoms. The molecule has 1 atom stereocenters. The van der Waals surface area contributed by atoms with Crippen LogP contribution in [0, 0.1) is 12.8 Å². The van der Waals surface area contributed by atoms with Gasteiger partial charge in [0.05, 0.1) is 0 Å². The molecule has 0 aliphatic heterocycles. The molecular formula is C14H20ClN. The van der Waals surface area contributed by atoms with Crippen molar-refractivity contribution < 1.29 is 0 Å². The van der Waals surface area contributed by atoms with Crippen LogP contribution in [0.1, 0.15) is 42.9 Å². The second-order valence-corrected chi connectivity index (χ2v) is 5.29. The molecule has 1 aromatic carbocycles. The summed E-state index contributed by atoms with van der Waals surface area (Å²) in [5.74, 6) is 0.924. The first kappa shape index (κ1) is 11.9. The van der Waals surface area contributed by atoms with E-state index in [1.807, 2.05) is 13.1 Å². The Morgan fingerprint density at radius 1 is 1.44 bits per heavy atom. The number of nitrogens with one attached hydrogen (secondary N) is 1. The molecule has 1 aromatic rings. The van der Waals surface area contributed by atoms with Gasteiger partial charge in [-0.05, 0) is 43.5 Å². The molecule has 1 nitrogen and oxygen atoms in total. The Bertz CT molecular complexity index is 358. The highest BCUT2D eigenvalue weighted by Crippen LogP contribution is 2.35. The van der Waals surface area contributed by atoms with Gasteiger partial charge in [0, 0.05) is 11.1 Å². The molecular weight excluding hydrogens is 218 g/mol. The summed E-state index contributed by atoms with van der Waals surface area (Å²) in [5, 5.41) is 4.28. The van der Waals surface area contributed by atoms with Gasteiger partial charge in [0.15, 0.2) is 0 Å². The van der Waals surface area contributed by atoms with Gasteiger partial charge in [0.2, 0.25) is 0 Å². The van der Waals surface area contributed by atoms with Crippen LogP contribution in [0.25, 0.3) is 0 Å². The van der Waals surface area contributed by atoms with E-state index in [-0.39, 0.29) is 0 Å². The third-order valence-electron chi connectivity index (χ3n) is 3.73. The maximum Gasteiger partial charge on any atom is 0.0435 e. The molecule has 1 N–H and O–H groups in total. The van der Waals surface area contributed by atoms with Crippen molar-refractivity contribution in [3.63, 3.8) is 0 Å². The molecule has 16 heavy (non-hydrogen) atoms. The topological polar surface area (TPSA) is 12.0 Å². The van der Waals surface area contributed by atoms with Crippen LogP contribution < -0.4 is 5.32 Å².